The van der Waals surface area contributed by atoms with E-state index in [1.54, 1.807) is 0 Å². The molecule has 0 aliphatic carbocycles. The standard InChI is InChI=1S/C35H22BN3/c1-2-11-24(12-3-1)38-31-19-7-5-15-27(31)36-28-16-10-14-26-25-13-4-6-18-30(25)39(35(26)28)33-22-23(21-32(38)34(33)36)29-17-8-9-20-37-29/h1-22H. The Hall–Kier alpha value is -5.09. The minimum Gasteiger partial charge on any atom is -0.311 e. The number of aromatic nitrogens is 2. The first kappa shape index (κ1) is 20.9. The molecule has 2 aromatic heterocycles. The van der Waals surface area contributed by atoms with Gasteiger partial charge in [-0.1, -0.05) is 78.9 Å². The highest BCUT2D eigenvalue weighted by molar-refractivity contribution is 7.00. The van der Waals surface area contributed by atoms with Gasteiger partial charge in [-0.15, -0.1) is 0 Å². The van der Waals surface area contributed by atoms with Crippen LogP contribution in [0.5, 0.6) is 0 Å². The van der Waals surface area contributed by atoms with Crippen molar-refractivity contribution in [2.75, 3.05) is 4.90 Å². The first-order chi connectivity index (χ1) is 19.4. The third-order valence-corrected chi connectivity index (χ3v) is 8.41. The summed E-state index contributed by atoms with van der Waals surface area (Å²) in [7, 11) is 0. The summed E-state index contributed by atoms with van der Waals surface area (Å²) in [6.45, 7) is 0.143. The number of hydrogen-bond acceptors (Lipinski definition) is 2. The Morgan fingerprint density at radius 1 is 0.564 bits per heavy atom. The predicted octanol–water partition coefficient (Wildman–Crippen LogP) is 6.46. The molecule has 0 amide bonds. The monoisotopic (exact) mass is 495 g/mol. The number of nitrogens with zero attached hydrogens (tertiary/aromatic N) is 3. The highest BCUT2D eigenvalue weighted by Gasteiger charge is 2.42. The zero-order chi connectivity index (χ0) is 25.5. The number of hydrogen-bond donors (Lipinski definition) is 0. The van der Waals surface area contributed by atoms with Gasteiger partial charge in [0.25, 0.3) is 6.71 Å². The molecule has 0 spiro atoms. The van der Waals surface area contributed by atoms with Crippen LogP contribution in [0, 0.1) is 0 Å². The van der Waals surface area contributed by atoms with Crippen molar-refractivity contribution in [1.29, 1.82) is 0 Å². The van der Waals surface area contributed by atoms with E-state index >= 15 is 0 Å². The zero-order valence-corrected chi connectivity index (χ0v) is 21.1. The van der Waals surface area contributed by atoms with Gasteiger partial charge in [0.2, 0.25) is 0 Å². The van der Waals surface area contributed by atoms with Gasteiger partial charge in [0, 0.05) is 50.8 Å². The van der Waals surface area contributed by atoms with E-state index in [4.69, 9.17) is 4.98 Å². The van der Waals surface area contributed by atoms with E-state index in [1.165, 1.54) is 55.3 Å². The molecule has 39 heavy (non-hydrogen) atoms. The Bertz CT molecular complexity index is 2080. The van der Waals surface area contributed by atoms with Gasteiger partial charge >= 0.3 is 0 Å². The van der Waals surface area contributed by atoms with Gasteiger partial charge in [0.1, 0.15) is 0 Å². The van der Waals surface area contributed by atoms with Crippen molar-refractivity contribution in [3.63, 3.8) is 0 Å². The lowest BCUT2D eigenvalue weighted by molar-refractivity contribution is 1.17. The fraction of sp³-hybridized carbons (Fsp3) is 0. The maximum atomic E-state index is 4.77. The van der Waals surface area contributed by atoms with Crippen molar-refractivity contribution in [3.8, 4) is 16.9 Å². The van der Waals surface area contributed by atoms with Crippen LogP contribution in [0.1, 0.15) is 0 Å². The lowest BCUT2D eigenvalue weighted by Gasteiger charge is -2.40. The maximum Gasteiger partial charge on any atom is 0.252 e. The van der Waals surface area contributed by atoms with Crippen LogP contribution in [0.25, 0.3) is 38.8 Å². The molecule has 2 aliphatic rings. The van der Waals surface area contributed by atoms with E-state index in [-0.39, 0.29) is 6.71 Å². The molecule has 0 fully saturated rings. The molecule has 0 saturated heterocycles. The van der Waals surface area contributed by atoms with Crippen molar-refractivity contribution < 1.29 is 0 Å². The summed E-state index contributed by atoms with van der Waals surface area (Å²) in [5.74, 6) is 0. The number of benzene rings is 5. The van der Waals surface area contributed by atoms with Crippen LogP contribution in [0.15, 0.2) is 134 Å². The van der Waals surface area contributed by atoms with E-state index in [0.29, 0.717) is 0 Å². The Balaban J connectivity index is 1.50. The summed E-state index contributed by atoms with van der Waals surface area (Å²) in [4.78, 5) is 7.21. The van der Waals surface area contributed by atoms with Gasteiger partial charge in [-0.05, 0) is 64.9 Å². The number of para-hydroxylation sites is 4. The van der Waals surface area contributed by atoms with Crippen LogP contribution < -0.4 is 21.3 Å². The minimum atomic E-state index is 0.143. The molecule has 2 aliphatic heterocycles. The van der Waals surface area contributed by atoms with Gasteiger partial charge in [-0.25, -0.2) is 0 Å². The van der Waals surface area contributed by atoms with Crippen LogP contribution in [0.2, 0.25) is 0 Å². The number of rotatable bonds is 2. The molecule has 4 heterocycles. The van der Waals surface area contributed by atoms with Crippen LogP contribution in [-0.2, 0) is 0 Å². The highest BCUT2D eigenvalue weighted by atomic mass is 15.2. The Morgan fingerprint density at radius 3 is 2.21 bits per heavy atom. The smallest absolute Gasteiger partial charge is 0.252 e. The SMILES string of the molecule is c1ccc(N2c3ccccc3B3c4c2cc(-c2ccccn2)cc4-n2c4ccccc4c4cccc3c42)cc1. The summed E-state index contributed by atoms with van der Waals surface area (Å²) in [5.41, 5.74) is 13.5. The van der Waals surface area contributed by atoms with E-state index in [2.05, 4.69) is 131 Å². The molecule has 0 bridgehead atoms. The fourth-order valence-electron chi connectivity index (χ4n) is 6.90. The second-order valence-corrected chi connectivity index (χ2v) is 10.4. The molecule has 0 radical (unpaired) electrons. The van der Waals surface area contributed by atoms with E-state index in [0.717, 1.165) is 16.9 Å². The first-order valence-corrected chi connectivity index (χ1v) is 13.4. The summed E-state index contributed by atoms with van der Waals surface area (Å²) in [6, 6.07) is 46.1. The Labute approximate surface area is 226 Å². The van der Waals surface area contributed by atoms with Crippen LogP contribution >= 0.6 is 0 Å². The lowest BCUT2D eigenvalue weighted by Crippen LogP contribution is -2.60. The maximum absolute atomic E-state index is 4.77. The van der Waals surface area contributed by atoms with Crippen LogP contribution in [0.3, 0.4) is 0 Å². The quantitative estimate of drug-likeness (QED) is 0.257. The van der Waals surface area contributed by atoms with E-state index < -0.39 is 0 Å². The summed E-state index contributed by atoms with van der Waals surface area (Å²) >= 11 is 0. The molecule has 9 rings (SSSR count). The number of anilines is 3. The van der Waals surface area contributed by atoms with Crippen LogP contribution in [0.4, 0.5) is 17.1 Å². The fourth-order valence-corrected chi connectivity index (χ4v) is 6.90. The topological polar surface area (TPSA) is 21.1 Å². The van der Waals surface area contributed by atoms with Gasteiger partial charge < -0.3 is 9.47 Å². The molecule has 4 heteroatoms. The summed E-state index contributed by atoms with van der Waals surface area (Å²) in [5, 5.41) is 2.60. The zero-order valence-electron chi connectivity index (χ0n) is 21.1. The number of fused-ring (bicyclic) bond motifs is 7. The highest BCUT2D eigenvalue weighted by Crippen LogP contribution is 2.42. The van der Waals surface area contributed by atoms with Gasteiger partial charge in [-0.2, -0.15) is 0 Å². The van der Waals surface area contributed by atoms with Gasteiger partial charge in [-0.3, -0.25) is 4.98 Å². The van der Waals surface area contributed by atoms with E-state index in [1.807, 2.05) is 12.3 Å². The van der Waals surface area contributed by atoms with Gasteiger partial charge in [0.15, 0.2) is 0 Å². The third kappa shape index (κ3) is 2.75. The molecule has 0 saturated carbocycles. The largest absolute Gasteiger partial charge is 0.311 e. The second-order valence-electron chi connectivity index (χ2n) is 10.4. The summed E-state index contributed by atoms with van der Waals surface area (Å²) in [6.07, 6.45) is 1.88. The predicted molar refractivity (Wildman–Crippen MR) is 163 cm³/mol. The van der Waals surface area contributed by atoms with Crippen molar-refractivity contribution in [3.05, 3.63) is 134 Å². The number of pyridine rings is 1. The second kappa shape index (κ2) is 7.72. The average molecular weight is 495 g/mol. The molecule has 0 unspecified atom stereocenters. The molecule has 5 aromatic carbocycles. The Kier molecular flexibility index (Phi) is 4.14. The molecule has 7 aromatic rings. The molecule has 180 valence electrons. The molecular formula is C35H22BN3. The lowest BCUT2D eigenvalue weighted by atomic mass is 9.33. The molecular weight excluding hydrogens is 473 g/mol. The normalized spacial score (nSPS) is 13.0. The van der Waals surface area contributed by atoms with Gasteiger partial charge in [0.05, 0.1) is 11.2 Å². The minimum absolute atomic E-state index is 0.143. The molecule has 0 N–H and O–H groups in total. The van der Waals surface area contributed by atoms with E-state index in [9.17, 15) is 0 Å². The average Bonchev–Trinajstić information content (AvgIpc) is 3.35. The van der Waals surface area contributed by atoms with Crippen molar-refractivity contribution >= 4 is 62.0 Å². The van der Waals surface area contributed by atoms with Crippen molar-refractivity contribution in [2.24, 2.45) is 0 Å². The van der Waals surface area contributed by atoms with Crippen molar-refractivity contribution in [1.82, 2.24) is 9.55 Å². The Morgan fingerprint density at radius 2 is 1.31 bits per heavy atom. The third-order valence-electron chi connectivity index (χ3n) is 8.41. The van der Waals surface area contributed by atoms with Crippen molar-refractivity contribution in [2.45, 2.75) is 0 Å². The molecule has 3 nitrogen and oxygen atoms in total. The van der Waals surface area contributed by atoms with Crippen LogP contribution in [-0.4, -0.2) is 16.3 Å². The summed E-state index contributed by atoms with van der Waals surface area (Å²) < 4.78 is 2.50. The first-order valence-electron chi connectivity index (χ1n) is 13.4. The molecule has 0 atom stereocenters.